The topological polar surface area (TPSA) is 59.8 Å². The van der Waals surface area contributed by atoms with Crippen LogP contribution in [0.4, 0.5) is 0 Å². The maximum atomic E-state index is 12.0. The van der Waals surface area contributed by atoms with Gasteiger partial charge in [0.05, 0.1) is 11.9 Å². The summed E-state index contributed by atoms with van der Waals surface area (Å²) in [4.78, 5) is 12.0. The number of hydrogen-bond donors (Lipinski definition) is 1. The summed E-state index contributed by atoms with van der Waals surface area (Å²) in [7, 11) is 0. The molecule has 0 aliphatic heterocycles. The molecule has 1 aromatic heterocycles. The lowest BCUT2D eigenvalue weighted by Crippen LogP contribution is -2.29. The van der Waals surface area contributed by atoms with Crippen LogP contribution in [0.2, 0.25) is 0 Å². The van der Waals surface area contributed by atoms with E-state index in [9.17, 15) is 4.79 Å². The Kier molecular flexibility index (Phi) is 3.62. The van der Waals surface area contributed by atoms with Gasteiger partial charge in [-0.05, 0) is 12.1 Å². The summed E-state index contributed by atoms with van der Waals surface area (Å²) in [6, 6.07) is 7.21. The van der Waals surface area contributed by atoms with Crippen LogP contribution in [0.25, 0.3) is 10.9 Å². The Morgan fingerprint density at radius 2 is 2.24 bits per heavy atom. The van der Waals surface area contributed by atoms with Gasteiger partial charge in [0.15, 0.2) is 0 Å². The molecule has 1 N–H and O–H groups in total. The molecule has 0 saturated carbocycles. The van der Waals surface area contributed by atoms with Gasteiger partial charge in [-0.3, -0.25) is 4.79 Å². The van der Waals surface area contributed by atoms with Gasteiger partial charge in [-0.1, -0.05) is 23.4 Å². The second kappa shape index (κ2) is 5.36. The average molecular weight is 230 g/mol. The lowest BCUT2D eigenvalue weighted by molar-refractivity contribution is 0.524. The summed E-state index contributed by atoms with van der Waals surface area (Å²) in [6.45, 7) is 5.49. The number of nitrogens with one attached hydrogen (secondary N) is 1. The molecular formula is C12H14N4O. The SMILES string of the molecule is C=CCNCCn1nnc2ccccc2c1=O. The highest BCUT2D eigenvalue weighted by Crippen LogP contribution is 2.02. The maximum Gasteiger partial charge on any atom is 0.277 e. The van der Waals surface area contributed by atoms with Crippen LogP contribution in [0, 0.1) is 0 Å². The summed E-state index contributed by atoms with van der Waals surface area (Å²) >= 11 is 0. The van der Waals surface area contributed by atoms with E-state index < -0.39 is 0 Å². The monoisotopic (exact) mass is 230 g/mol. The maximum absolute atomic E-state index is 12.0. The summed E-state index contributed by atoms with van der Waals surface area (Å²) in [5.41, 5.74) is 0.531. The first-order valence-electron chi connectivity index (χ1n) is 5.47. The van der Waals surface area contributed by atoms with Crippen molar-refractivity contribution < 1.29 is 0 Å². The van der Waals surface area contributed by atoms with Gasteiger partial charge in [0.2, 0.25) is 0 Å². The summed E-state index contributed by atoms with van der Waals surface area (Å²) in [5.74, 6) is 0. The smallest absolute Gasteiger partial charge is 0.277 e. The second-order valence-electron chi connectivity index (χ2n) is 3.63. The molecule has 0 amide bonds. The standard InChI is InChI=1S/C12H14N4O/c1-2-7-13-8-9-16-12(17)10-5-3-4-6-11(10)14-15-16/h2-6,13H,1,7-9H2. The van der Waals surface area contributed by atoms with Crippen molar-refractivity contribution in [3.05, 3.63) is 47.3 Å². The van der Waals surface area contributed by atoms with Crippen molar-refractivity contribution in [3.8, 4) is 0 Å². The lowest BCUT2D eigenvalue weighted by Gasteiger charge is -2.04. The normalized spacial score (nSPS) is 10.6. The van der Waals surface area contributed by atoms with E-state index in [1.54, 1.807) is 18.2 Å². The van der Waals surface area contributed by atoms with Crippen LogP contribution < -0.4 is 10.9 Å². The first-order valence-corrected chi connectivity index (χ1v) is 5.47. The third-order valence-electron chi connectivity index (χ3n) is 2.42. The van der Waals surface area contributed by atoms with E-state index in [0.29, 0.717) is 24.0 Å². The Bertz CT molecular complexity index is 576. The molecule has 2 rings (SSSR count). The Morgan fingerprint density at radius 3 is 3.06 bits per heavy atom. The zero-order valence-electron chi connectivity index (χ0n) is 9.47. The number of benzene rings is 1. The van der Waals surface area contributed by atoms with Crippen molar-refractivity contribution in [1.29, 1.82) is 0 Å². The molecule has 0 fully saturated rings. The molecule has 0 spiro atoms. The van der Waals surface area contributed by atoms with E-state index in [1.165, 1.54) is 4.68 Å². The average Bonchev–Trinajstić information content (AvgIpc) is 2.37. The Labute approximate surface area is 98.8 Å². The minimum atomic E-state index is -0.101. The van der Waals surface area contributed by atoms with Gasteiger partial charge in [0, 0.05) is 13.1 Å². The zero-order chi connectivity index (χ0) is 12.1. The van der Waals surface area contributed by atoms with Crippen molar-refractivity contribution in [1.82, 2.24) is 20.3 Å². The number of hydrogen-bond acceptors (Lipinski definition) is 4. The van der Waals surface area contributed by atoms with Crippen molar-refractivity contribution in [2.45, 2.75) is 6.54 Å². The fraction of sp³-hybridized carbons (Fsp3) is 0.250. The molecule has 0 radical (unpaired) electrons. The molecule has 2 aromatic rings. The number of nitrogens with zero attached hydrogens (tertiary/aromatic N) is 3. The van der Waals surface area contributed by atoms with Gasteiger partial charge >= 0.3 is 0 Å². The number of rotatable bonds is 5. The third-order valence-corrected chi connectivity index (χ3v) is 2.42. The van der Waals surface area contributed by atoms with Gasteiger partial charge in [-0.2, -0.15) is 0 Å². The highest BCUT2D eigenvalue weighted by molar-refractivity contribution is 5.76. The summed E-state index contributed by atoms with van der Waals surface area (Å²) in [6.07, 6.45) is 1.77. The Balaban J connectivity index is 2.21. The minimum Gasteiger partial charge on any atom is -0.311 e. The molecule has 5 heteroatoms. The van der Waals surface area contributed by atoms with Crippen LogP contribution in [0.1, 0.15) is 0 Å². The minimum absolute atomic E-state index is 0.101. The fourth-order valence-electron chi connectivity index (χ4n) is 1.56. The predicted octanol–water partition coefficient (Wildman–Crippen LogP) is 0.567. The Morgan fingerprint density at radius 1 is 1.41 bits per heavy atom. The van der Waals surface area contributed by atoms with E-state index in [4.69, 9.17) is 0 Å². The molecule has 0 aliphatic rings. The largest absolute Gasteiger partial charge is 0.311 e. The summed E-state index contributed by atoms with van der Waals surface area (Å²) < 4.78 is 1.37. The van der Waals surface area contributed by atoms with Crippen LogP contribution in [-0.4, -0.2) is 28.1 Å². The molecule has 1 aromatic carbocycles. The van der Waals surface area contributed by atoms with E-state index in [1.807, 2.05) is 12.1 Å². The van der Waals surface area contributed by atoms with Crippen LogP contribution in [0.15, 0.2) is 41.7 Å². The van der Waals surface area contributed by atoms with E-state index in [2.05, 4.69) is 22.2 Å². The lowest BCUT2D eigenvalue weighted by atomic mass is 10.2. The molecule has 0 unspecified atom stereocenters. The van der Waals surface area contributed by atoms with Gasteiger partial charge in [-0.25, -0.2) is 4.68 Å². The van der Waals surface area contributed by atoms with Gasteiger partial charge in [0.1, 0.15) is 5.52 Å². The van der Waals surface area contributed by atoms with E-state index in [-0.39, 0.29) is 5.56 Å². The Hall–Kier alpha value is -2.01. The van der Waals surface area contributed by atoms with Gasteiger partial charge in [0.25, 0.3) is 5.56 Å². The van der Waals surface area contributed by atoms with Crippen molar-refractivity contribution in [2.75, 3.05) is 13.1 Å². The van der Waals surface area contributed by atoms with Crippen molar-refractivity contribution in [2.24, 2.45) is 0 Å². The van der Waals surface area contributed by atoms with Crippen LogP contribution in [0.5, 0.6) is 0 Å². The van der Waals surface area contributed by atoms with Gasteiger partial charge in [-0.15, -0.1) is 11.7 Å². The molecule has 17 heavy (non-hydrogen) atoms. The highest BCUT2D eigenvalue weighted by atomic mass is 16.1. The van der Waals surface area contributed by atoms with Gasteiger partial charge < -0.3 is 5.32 Å². The predicted molar refractivity (Wildman–Crippen MR) is 66.9 cm³/mol. The van der Waals surface area contributed by atoms with E-state index in [0.717, 1.165) is 6.54 Å². The number of aromatic nitrogens is 3. The van der Waals surface area contributed by atoms with Crippen LogP contribution in [0.3, 0.4) is 0 Å². The van der Waals surface area contributed by atoms with Crippen molar-refractivity contribution >= 4 is 10.9 Å². The molecule has 1 heterocycles. The first kappa shape index (κ1) is 11.5. The molecule has 0 saturated heterocycles. The molecule has 0 atom stereocenters. The van der Waals surface area contributed by atoms with Crippen LogP contribution in [-0.2, 0) is 6.54 Å². The summed E-state index contributed by atoms with van der Waals surface area (Å²) in [5, 5.41) is 11.6. The fourth-order valence-corrected chi connectivity index (χ4v) is 1.56. The van der Waals surface area contributed by atoms with Crippen LogP contribution >= 0.6 is 0 Å². The molecule has 88 valence electrons. The highest BCUT2D eigenvalue weighted by Gasteiger charge is 2.03. The molecule has 0 bridgehead atoms. The zero-order valence-corrected chi connectivity index (χ0v) is 9.47. The molecular weight excluding hydrogens is 216 g/mol. The first-order chi connectivity index (χ1) is 8.33. The second-order valence-corrected chi connectivity index (χ2v) is 3.63. The number of fused-ring (bicyclic) bond motifs is 1. The van der Waals surface area contributed by atoms with E-state index >= 15 is 0 Å². The quantitative estimate of drug-likeness (QED) is 0.602. The third kappa shape index (κ3) is 2.57. The van der Waals surface area contributed by atoms with Crippen molar-refractivity contribution in [3.63, 3.8) is 0 Å². The molecule has 5 nitrogen and oxygen atoms in total. The molecule has 0 aliphatic carbocycles.